The summed E-state index contributed by atoms with van der Waals surface area (Å²) in [5, 5.41) is 19.1. The van der Waals surface area contributed by atoms with Gasteiger partial charge in [0, 0.05) is 29.6 Å². The molecule has 3 heterocycles. The zero-order valence-corrected chi connectivity index (χ0v) is 21.3. The molecule has 0 radical (unpaired) electrons. The summed E-state index contributed by atoms with van der Waals surface area (Å²) in [6, 6.07) is 22.1. The molecule has 5 aromatic rings. The third kappa shape index (κ3) is 3.93. The minimum atomic E-state index is -3.83. The fourth-order valence-corrected chi connectivity index (χ4v) is 6.86. The van der Waals surface area contributed by atoms with Crippen LogP contribution in [0.15, 0.2) is 78.0 Å². The summed E-state index contributed by atoms with van der Waals surface area (Å²) >= 11 is 0. The lowest BCUT2D eigenvalue weighted by molar-refractivity contribution is 0.283. The molecule has 0 amide bonds. The van der Waals surface area contributed by atoms with E-state index in [0.717, 1.165) is 42.6 Å². The molecule has 0 atom stereocenters. The molecule has 0 aliphatic heterocycles. The average Bonchev–Trinajstić information content (AvgIpc) is 3.56. The second-order valence-electron chi connectivity index (χ2n) is 9.69. The fourth-order valence-electron chi connectivity index (χ4n) is 5.54. The molecule has 9 heteroatoms. The fraction of sp³-hybridized carbons (Fsp3) is 0.241. The summed E-state index contributed by atoms with van der Waals surface area (Å²) in [4.78, 5) is 9.70. The van der Waals surface area contributed by atoms with Crippen LogP contribution in [0.4, 0.5) is 0 Å². The Morgan fingerprint density at radius 3 is 2.37 bits per heavy atom. The highest BCUT2D eigenvalue weighted by Gasteiger charge is 2.29. The molecule has 38 heavy (non-hydrogen) atoms. The zero-order valence-electron chi connectivity index (χ0n) is 20.5. The number of hydrogen-bond acceptors (Lipinski definition) is 6. The highest BCUT2D eigenvalue weighted by atomic mass is 32.2. The van der Waals surface area contributed by atoms with Crippen molar-refractivity contribution in [3.05, 3.63) is 78.6 Å². The maximum atomic E-state index is 13.5. The van der Waals surface area contributed by atoms with Gasteiger partial charge < -0.3 is 4.57 Å². The van der Waals surface area contributed by atoms with Crippen molar-refractivity contribution in [3.63, 3.8) is 0 Å². The van der Waals surface area contributed by atoms with Crippen LogP contribution in [0.2, 0.25) is 0 Å². The van der Waals surface area contributed by atoms with Crippen LogP contribution >= 0.6 is 0 Å². The van der Waals surface area contributed by atoms with Crippen LogP contribution < -0.4 is 0 Å². The molecule has 1 aliphatic rings. The van der Waals surface area contributed by atoms with Gasteiger partial charge in [-0.1, -0.05) is 18.2 Å². The number of rotatable bonds is 5. The smallest absolute Gasteiger partial charge is 0.269 e. The molecule has 2 aromatic carbocycles. The van der Waals surface area contributed by atoms with E-state index in [2.05, 4.69) is 21.7 Å². The Kier molecular flexibility index (Phi) is 5.94. The molecule has 6 rings (SSSR count). The number of imidazole rings is 1. The van der Waals surface area contributed by atoms with Gasteiger partial charge in [0.05, 0.1) is 34.3 Å². The maximum absolute atomic E-state index is 13.5. The predicted molar refractivity (Wildman–Crippen MR) is 143 cm³/mol. The van der Waals surface area contributed by atoms with Crippen molar-refractivity contribution < 1.29 is 8.42 Å². The van der Waals surface area contributed by atoms with Gasteiger partial charge in [0.15, 0.2) is 5.65 Å². The SMILES string of the molecule is N#CCC1CCC(n2c(-c3ccc(C#N)cc3)nc3cnc4c(ccn4S(=O)(=O)c4ccccc4)c32)CC1. The molecule has 1 saturated carbocycles. The van der Waals surface area contributed by atoms with Crippen LogP contribution in [0.3, 0.4) is 0 Å². The van der Waals surface area contributed by atoms with Gasteiger partial charge in [-0.2, -0.15) is 10.5 Å². The van der Waals surface area contributed by atoms with Gasteiger partial charge in [0.1, 0.15) is 11.3 Å². The van der Waals surface area contributed by atoms with Crippen molar-refractivity contribution in [2.45, 2.75) is 43.0 Å². The first-order chi connectivity index (χ1) is 18.5. The number of aromatic nitrogens is 4. The lowest BCUT2D eigenvalue weighted by Gasteiger charge is -2.30. The average molecular weight is 521 g/mol. The standard InChI is InChI=1S/C29H24N6O2S/c30-16-14-20-8-12-23(13-9-20)35-27-25-15-17-34(38(36,37)24-4-2-1-3-5-24)29(25)32-19-26(27)33-28(35)22-10-6-21(18-31)7-11-22/h1-7,10-11,15,17,19-20,23H,8-9,12-14H2. The van der Waals surface area contributed by atoms with Crippen molar-refractivity contribution in [1.82, 2.24) is 18.5 Å². The summed E-state index contributed by atoms with van der Waals surface area (Å²) in [7, 11) is -3.83. The van der Waals surface area contributed by atoms with Crippen LogP contribution in [0, 0.1) is 28.6 Å². The third-order valence-corrected chi connectivity index (χ3v) is 9.14. The van der Waals surface area contributed by atoms with E-state index in [4.69, 9.17) is 10.2 Å². The number of nitrogens with zero attached hydrogens (tertiary/aromatic N) is 6. The van der Waals surface area contributed by atoms with Gasteiger partial charge in [0.2, 0.25) is 0 Å². The lowest BCUT2D eigenvalue weighted by Crippen LogP contribution is -2.19. The van der Waals surface area contributed by atoms with E-state index in [1.807, 2.05) is 12.1 Å². The van der Waals surface area contributed by atoms with Crippen molar-refractivity contribution >= 4 is 32.1 Å². The van der Waals surface area contributed by atoms with Gasteiger partial charge in [-0.3, -0.25) is 0 Å². The first-order valence-corrected chi connectivity index (χ1v) is 14.0. The number of hydrogen-bond donors (Lipinski definition) is 0. The second kappa shape index (κ2) is 9.44. The molecular formula is C29H24N6O2S. The Morgan fingerprint density at radius 2 is 1.68 bits per heavy atom. The largest absolute Gasteiger partial charge is 0.320 e. The number of nitriles is 2. The predicted octanol–water partition coefficient (Wildman–Crippen LogP) is 5.81. The topological polar surface area (TPSA) is 117 Å². The second-order valence-corrected chi connectivity index (χ2v) is 11.5. The van der Waals surface area contributed by atoms with Gasteiger partial charge in [-0.25, -0.2) is 22.4 Å². The summed E-state index contributed by atoms with van der Waals surface area (Å²) in [6.07, 6.45) is 7.45. The van der Waals surface area contributed by atoms with E-state index in [1.165, 1.54) is 3.97 Å². The van der Waals surface area contributed by atoms with Crippen LogP contribution in [0.5, 0.6) is 0 Å². The maximum Gasteiger partial charge on any atom is 0.269 e. The quantitative estimate of drug-likeness (QED) is 0.289. The molecular weight excluding hydrogens is 496 g/mol. The minimum absolute atomic E-state index is 0.139. The minimum Gasteiger partial charge on any atom is -0.320 e. The normalized spacial score (nSPS) is 17.8. The van der Waals surface area contributed by atoms with E-state index >= 15 is 0 Å². The van der Waals surface area contributed by atoms with Gasteiger partial charge in [0.25, 0.3) is 10.0 Å². The Labute approximate surface area is 220 Å². The molecule has 1 aliphatic carbocycles. The van der Waals surface area contributed by atoms with E-state index in [-0.39, 0.29) is 10.9 Å². The van der Waals surface area contributed by atoms with E-state index in [1.54, 1.807) is 60.9 Å². The molecule has 1 fully saturated rings. The van der Waals surface area contributed by atoms with Crippen molar-refractivity contribution in [3.8, 4) is 23.5 Å². The van der Waals surface area contributed by atoms with Crippen LogP contribution in [-0.2, 0) is 10.0 Å². The van der Waals surface area contributed by atoms with E-state index < -0.39 is 10.0 Å². The van der Waals surface area contributed by atoms with Crippen LogP contribution in [-0.4, -0.2) is 26.9 Å². The van der Waals surface area contributed by atoms with Crippen molar-refractivity contribution in [2.75, 3.05) is 0 Å². The Hall–Kier alpha value is -4.47. The molecule has 188 valence electrons. The summed E-state index contributed by atoms with van der Waals surface area (Å²) in [5.74, 6) is 1.16. The molecule has 3 aromatic heterocycles. The Morgan fingerprint density at radius 1 is 0.947 bits per heavy atom. The molecule has 0 spiro atoms. The molecule has 8 nitrogen and oxygen atoms in total. The third-order valence-electron chi connectivity index (χ3n) is 7.46. The summed E-state index contributed by atoms with van der Waals surface area (Å²) in [6.45, 7) is 0. The monoisotopic (exact) mass is 520 g/mol. The molecule has 0 N–H and O–H groups in total. The number of fused-ring (bicyclic) bond motifs is 3. The van der Waals surface area contributed by atoms with Gasteiger partial charge >= 0.3 is 0 Å². The molecule has 0 saturated heterocycles. The molecule has 0 bridgehead atoms. The molecule has 0 unspecified atom stereocenters. The van der Waals surface area contributed by atoms with Gasteiger partial charge in [-0.15, -0.1) is 0 Å². The summed E-state index contributed by atoms with van der Waals surface area (Å²) in [5.41, 5.74) is 3.34. The van der Waals surface area contributed by atoms with Crippen LogP contribution in [0.25, 0.3) is 33.5 Å². The van der Waals surface area contributed by atoms with Crippen molar-refractivity contribution in [2.24, 2.45) is 5.92 Å². The van der Waals surface area contributed by atoms with Gasteiger partial charge in [-0.05, 0) is 74.1 Å². The first kappa shape index (κ1) is 23.9. The highest BCUT2D eigenvalue weighted by Crippen LogP contribution is 2.40. The Balaban J connectivity index is 1.55. The number of benzene rings is 2. The first-order valence-electron chi connectivity index (χ1n) is 12.6. The zero-order chi connectivity index (χ0) is 26.3. The lowest BCUT2D eigenvalue weighted by atomic mass is 9.84. The van der Waals surface area contributed by atoms with Crippen LogP contribution in [0.1, 0.15) is 43.7 Å². The Bertz CT molecular complexity index is 1830. The highest BCUT2D eigenvalue weighted by molar-refractivity contribution is 7.90. The van der Waals surface area contributed by atoms with Crippen molar-refractivity contribution in [1.29, 1.82) is 10.5 Å². The van der Waals surface area contributed by atoms with E-state index in [0.29, 0.717) is 34.5 Å². The summed E-state index contributed by atoms with van der Waals surface area (Å²) < 4.78 is 30.4. The van der Waals surface area contributed by atoms with E-state index in [9.17, 15) is 13.7 Å². The number of pyridine rings is 1.